The van der Waals surface area contributed by atoms with Gasteiger partial charge in [-0.3, -0.25) is 4.79 Å². The molecule has 2 N–H and O–H groups in total. The van der Waals surface area contributed by atoms with Crippen molar-refractivity contribution < 1.29 is 14.3 Å². The highest BCUT2D eigenvalue weighted by atomic mass is 32.2. The van der Waals surface area contributed by atoms with Crippen molar-refractivity contribution in [2.75, 3.05) is 49.3 Å². The monoisotopic (exact) mass is 345 g/mol. The van der Waals surface area contributed by atoms with Gasteiger partial charge in [0.15, 0.2) is 4.32 Å². The van der Waals surface area contributed by atoms with Gasteiger partial charge in [-0.15, -0.1) is 5.10 Å². The Hall–Kier alpha value is -1.39. The van der Waals surface area contributed by atoms with Crippen LogP contribution in [0.15, 0.2) is 0 Å². The van der Waals surface area contributed by atoms with E-state index in [1.54, 1.807) is 6.92 Å². The predicted octanol–water partition coefficient (Wildman–Crippen LogP) is 0.516. The Morgan fingerprint density at radius 1 is 1.50 bits per heavy atom. The van der Waals surface area contributed by atoms with E-state index in [1.807, 2.05) is 4.90 Å². The fraction of sp³-hybridized carbons (Fsp3) is 0.667. The van der Waals surface area contributed by atoms with E-state index in [4.69, 9.17) is 27.4 Å². The lowest BCUT2D eigenvalue weighted by Crippen LogP contribution is -2.37. The number of hydrogen-bond donors (Lipinski definition) is 1. The molecule has 2 heterocycles. The van der Waals surface area contributed by atoms with Gasteiger partial charge in [0, 0.05) is 18.8 Å². The standard InChI is InChI=1S/C12H19N5O3S2/c1-2-20-9(18)3-8-22-12(21)17-10(13)14-11(15-17)16-4-6-19-7-5-16/h2-8H2,1H3,(H2,13,14,15). The molecule has 0 amide bonds. The Kier molecular flexibility index (Phi) is 6.40. The summed E-state index contributed by atoms with van der Waals surface area (Å²) < 4.78 is 12.0. The summed E-state index contributed by atoms with van der Waals surface area (Å²) in [4.78, 5) is 17.5. The zero-order chi connectivity index (χ0) is 15.9. The molecule has 8 nitrogen and oxygen atoms in total. The van der Waals surface area contributed by atoms with Crippen LogP contribution in [-0.2, 0) is 14.3 Å². The number of nitrogens with zero attached hydrogens (tertiary/aromatic N) is 4. The molecule has 1 fully saturated rings. The van der Waals surface area contributed by atoms with E-state index in [1.165, 1.54) is 16.4 Å². The molecule has 0 bridgehead atoms. The molecule has 2 rings (SSSR count). The molecule has 1 aromatic rings. The van der Waals surface area contributed by atoms with Crippen LogP contribution in [0.5, 0.6) is 0 Å². The Bertz CT molecular complexity index is 531. The molecule has 0 unspecified atom stereocenters. The number of hydrogen-bond acceptors (Lipinski definition) is 9. The third-order valence-electron chi connectivity index (χ3n) is 2.92. The van der Waals surface area contributed by atoms with Gasteiger partial charge in [-0.2, -0.15) is 9.67 Å². The molecule has 22 heavy (non-hydrogen) atoms. The summed E-state index contributed by atoms with van der Waals surface area (Å²) in [6, 6.07) is 0. The van der Waals surface area contributed by atoms with Crippen molar-refractivity contribution >= 4 is 46.2 Å². The van der Waals surface area contributed by atoms with Gasteiger partial charge in [0.05, 0.1) is 26.2 Å². The van der Waals surface area contributed by atoms with Gasteiger partial charge >= 0.3 is 5.97 Å². The van der Waals surface area contributed by atoms with E-state index in [2.05, 4.69) is 10.1 Å². The molecule has 122 valence electrons. The van der Waals surface area contributed by atoms with E-state index in [0.717, 1.165) is 13.1 Å². The average Bonchev–Trinajstić information content (AvgIpc) is 2.90. The number of esters is 1. The van der Waals surface area contributed by atoms with Gasteiger partial charge in [0.1, 0.15) is 0 Å². The van der Waals surface area contributed by atoms with Gasteiger partial charge in [-0.1, -0.05) is 24.0 Å². The van der Waals surface area contributed by atoms with Crippen molar-refractivity contribution in [3.8, 4) is 0 Å². The first-order valence-corrected chi connectivity index (χ1v) is 8.39. The Labute approximate surface area is 138 Å². The minimum Gasteiger partial charge on any atom is -0.466 e. The molecule has 0 aromatic carbocycles. The Balaban J connectivity index is 1.89. The molecule has 0 aliphatic carbocycles. The molecular weight excluding hydrogens is 326 g/mol. The van der Waals surface area contributed by atoms with Crippen LogP contribution in [0, 0.1) is 0 Å². The predicted molar refractivity (Wildman–Crippen MR) is 89.2 cm³/mol. The van der Waals surface area contributed by atoms with E-state index in [0.29, 0.717) is 42.3 Å². The second-order valence-corrected chi connectivity index (χ2v) is 6.18. The van der Waals surface area contributed by atoms with Crippen molar-refractivity contribution in [1.29, 1.82) is 0 Å². The second kappa shape index (κ2) is 8.30. The number of nitrogens with two attached hydrogens (primary N) is 1. The normalized spacial score (nSPS) is 14.9. The molecule has 1 aliphatic rings. The minimum absolute atomic E-state index is 0.238. The second-order valence-electron chi connectivity index (χ2n) is 4.45. The third kappa shape index (κ3) is 4.55. The van der Waals surface area contributed by atoms with Crippen molar-refractivity contribution in [3.63, 3.8) is 0 Å². The summed E-state index contributed by atoms with van der Waals surface area (Å²) in [6.45, 7) is 4.91. The lowest BCUT2D eigenvalue weighted by atomic mass is 10.4. The van der Waals surface area contributed by atoms with E-state index >= 15 is 0 Å². The molecule has 10 heteroatoms. The van der Waals surface area contributed by atoms with E-state index < -0.39 is 0 Å². The SMILES string of the molecule is CCOC(=O)CCSC(=S)n1nc(N2CCOCC2)nc1N. The van der Waals surface area contributed by atoms with Gasteiger partial charge < -0.3 is 20.1 Å². The van der Waals surface area contributed by atoms with Crippen molar-refractivity contribution in [1.82, 2.24) is 14.8 Å². The number of thiocarbonyl (C=S) groups is 1. The summed E-state index contributed by atoms with van der Waals surface area (Å²) in [7, 11) is 0. The van der Waals surface area contributed by atoms with Crippen LogP contribution in [0.2, 0.25) is 0 Å². The van der Waals surface area contributed by atoms with E-state index in [-0.39, 0.29) is 11.9 Å². The number of nitrogen functional groups attached to an aromatic ring is 1. The van der Waals surface area contributed by atoms with Gasteiger partial charge in [-0.05, 0) is 6.92 Å². The zero-order valence-electron chi connectivity index (χ0n) is 12.4. The molecule has 1 aromatic heterocycles. The Morgan fingerprint density at radius 3 is 2.91 bits per heavy atom. The highest BCUT2D eigenvalue weighted by molar-refractivity contribution is 8.23. The van der Waals surface area contributed by atoms with Gasteiger partial charge in [-0.25, -0.2) is 0 Å². The van der Waals surface area contributed by atoms with Crippen molar-refractivity contribution in [3.05, 3.63) is 0 Å². The zero-order valence-corrected chi connectivity index (χ0v) is 14.0. The maximum Gasteiger partial charge on any atom is 0.306 e. The molecule has 1 saturated heterocycles. The number of carbonyl (C=O) groups is 1. The first-order chi connectivity index (χ1) is 10.6. The highest BCUT2D eigenvalue weighted by Gasteiger charge is 2.19. The molecule has 0 spiro atoms. The quantitative estimate of drug-likeness (QED) is 0.605. The van der Waals surface area contributed by atoms with Gasteiger partial charge in [0.25, 0.3) is 0 Å². The van der Waals surface area contributed by atoms with Crippen LogP contribution in [0.3, 0.4) is 0 Å². The number of thioether (sulfide) groups is 1. The summed E-state index contributed by atoms with van der Waals surface area (Å²) in [5.41, 5.74) is 5.87. The largest absolute Gasteiger partial charge is 0.466 e. The number of aromatic nitrogens is 3. The first kappa shape index (κ1) is 17.0. The molecule has 0 saturated carbocycles. The third-order valence-corrected chi connectivity index (χ3v) is 4.28. The number of ether oxygens (including phenoxy) is 2. The Morgan fingerprint density at radius 2 is 2.23 bits per heavy atom. The number of anilines is 2. The maximum atomic E-state index is 11.3. The number of rotatable bonds is 5. The van der Waals surface area contributed by atoms with Crippen LogP contribution in [-0.4, -0.2) is 63.7 Å². The minimum atomic E-state index is -0.238. The summed E-state index contributed by atoms with van der Waals surface area (Å²) >= 11 is 6.61. The molecule has 0 atom stereocenters. The van der Waals surface area contributed by atoms with Crippen LogP contribution in [0.1, 0.15) is 13.3 Å². The molecule has 0 radical (unpaired) electrons. The number of morpholine rings is 1. The van der Waals surface area contributed by atoms with Crippen LogP contribution < -0.4 is 10.6 Å². The fourth-order valence-corrected chi connectivity index (χ4v) is 2.94. The average molecular weight is 345 g/mol. The highest BCUT2D eigenvalue weighted by Crippen LogP contribution is 2.17. The molecule has 1 aliphatic heterocycles. The van der Waals surface area contributed by atoms with E-state index in [9.17, 15) is 4.79 Å². The smallest absolute Gasteiger partial charge is 0.306 e. The van der Waals surface area contributed by atoms with Crippen LogP contribution >= 0.6 is 24.0 Å². The van der Waals surface area contributed by atoms with Crippen molar-refractivity contribution in [2.45, 2.75) is 13.3 Å². The summed E-state index contributed by atoms with van der Waals surface area (Å²) in [5, 5.41) is 4.34. The fourth-order valence-electron chi connectivity index (χ4n) is 1.86. The summed E-state index contributed by atoms with van der Waals surface area (Å²) in [6.07, 6.45) is 0.295. The van der Waals surface area contributed by atoms with Gasteiger partial charge in [0.2, 0.25) is 11.9 Å². The lowest BCUT2D eigenvalue weighted by molar-refractivity contribution is -0.142. The molecular formula is C12H19N5O3S2. The van der Waals surface area contributed by atoms with Crippen LogP contribution in [0.4, 0.5) is 11.9 Å². The maximum absolute atomic E-state index is 11.3. The topological polar surface area (TPSA) is 95.5 Å². The van der Waals surface area contributed by atoms with Crippen molar-refractivity contribution in [2.24, 2.45) is 0 Å². The summed E-state index contributed by atoms with van der Waals surface area (Å²) in [5.74, 6) is 1.08. The first-order valence-electron chi connectivity index (χ1n) is 6.99. The number of carbonyl (C=O) groups excluding carboxylic acids is 1. The lowest BCUT2D eigenvalue weighted by Gasteiger charge is -2.25. The van der Waals surface area contributed by atoms with Crippen LogP contribution in [0.25, 0.3) is 0 Å².